The first kappa shape index (κ1) is 19.5. The summed E-state index contributed by atoms with van der Waals surface area (Å²) in [5.41, 5.74) is 4.12. The van der Waals surface area contributed by atoms with E-state index in [0.29, 0.717) is 17.9 Å². The van der Waals surface area contributed by atoms with Crippen molar-refractivity contribution in [3.05, 3.63) is 102 Å². The van der Waals surface area contributed by atoms with Crippen molar-refractivity contribution in [2.45, 2.75) is 13.0 Å². The number of benzene rings is 3. The number of amides is 2. The minimum atomic E-state index is -0.202. The average molecular weight is 397 g/mol. The summed E-state index contributed by atoms with van der Waals surface area (Å²) in [5, 5.41) is 6.64. The number of likely N-dealkylation sites (N-methyl/N-ethyl adjacent to an activating group) is 1. The van der Waals surface area contributed by atoms with Crippen LogP contribution in [0.5, 0.6) is 0 Å². The topological polar surface area (TPSA) is 63.1 Å². The van der Waals surface area contributed by atoms with Gasteiger partial charge in [-0.1, -0.05) is 66.7 Å². The zero-order valence-electron chi connectivity index (χ0n) is 16.8. The second-order valence-electron chi connectivity index (χ2n) is 7.12. The van der Waals surface area contributed by atoms with E-state index in [1.165, 1.54) is 0 Å². The molecule has 30 heavy (non-hydrogen) atoms. The number of anilines is 1. The lowest BCUT2D eigenvalue weighted by molar-refractivity contribution is -0.119. The Morgan fingerprint density at radius 3 is 2.37 bits per heavy atom. The fraction of sp³-hybridized carbons (Fsp3) is 0.120. The largest absolute Gasteiger partial charge is 0.359 e. The highest BCUT2D eigenvalue weighted by molar-refractivity contribution is 6.07. The van der Waals surface area contributed by atoms with E-state index in [0.717, 1.165) is 22.0 Å². The Morgan fingerprint density at radius 1 is 0.867 bits per heavy atom. The molecule has 1 heterocycles. The zero-order chi connectivity index (χ0) is 20.9. The van der Waals surface area contributed by atoms with Gasteiger partial charge in [0.05, 0.1) is 6.42 Å². The third-order valence-electron chi connectivity index (χ3n) is 5.12. The molecule has 5 nitrogen and oxygen atoms in total. The molecule has 0 spiro atoms. The van der Waals surface area contributed by atoms with E-state index in [1.807, 2.05) is 77.4 Å². The molecule has 0 fully saturated rings. The number of nitrogens with one attached hydrogen (secondary N) is 2. The van der Waals surface area contributed by atoms with E-state index < -0.39 is 0 Å². The monoisotopic (exact) mass is 397 g/mol. The molecule has 0 bridgehead atoms. The second kappa shape index (κ2) is 8.66. The lowest BCUT2D eigenvalue weighted by Crippen LogP contribution is -2.22. The molecule has 4 aromatic rings. The van der Waals surface area contributed by atoms with E-state index in [1.54, 1.807) is 7.05 Å². The molecule has 0 saturated heterocycles. The average Bonchev–Trinajstić information content (AvgIpc) is 3.14. The molecule has 4 rings (SSSR count). The SMILES string of the molecule is CNC(=O)Cc1ccccc1NC(=O)c1cc2ccccc2n1Cc1ccccc1. The summed E-state index contributed by atoms with van der Waals surface area (Å²) in [6.45, 7) is 0.594. The van der Waals surface area contributed by atoms with Crippen molar-refractivity contribution >= 4 is 28.4 Å². The predicted octanol–water partition coefficient (Wildman–Crippen LogP) is 4.23. The summed E-state index contributed by atoms with van der Waals surface area (Å²) in [5.74, 6) is -0.304. The molecule has 0 saturated carbocycles. The highest BCUT2D eigenvalue weighted by atomic mass is 16.2. The van der Waals surface area contributed by atoms with Gasteiger partial charge in [0.15, 0.2) is 0 Å². The van der Waals surface area contributed by atoms with Gasteiger partial charge in [-0.2, -0.15) is 0 Å². The summed E-state index contributed by atoms with van der Waals surface area (Å²) < 4.78 is 2.03. The van der Waals surface area contributed by atoms with E-state index in [9.17, 15) is 9.59 Å². The van der Waals surface area contributed by atoms with Gasteiger partial charge in [0.1, 0.15) is 5.69 Å². The van der Waals surface area contributed by atoms with Gasteiger partial charge >= 0.3 is 0 Å². The molecule has 1 aromatic heterocycles. The third-order valence-corrected chi connectivity index (χ3v) is 5.12. The van der Waals surface area contributed by atoms with Crippen LogP contribution in [0.25, 0.3) is 10.9 Å². The van der Waals surface area contributed by atoms with E-state index in [-0.39, 0.29) is 18.2 Å². The summed E-state index contributed by atoms with van der Waals surface area (Å²) in [6, 6.07) is 27.3. The van der Waals surface area contributed by atoms with E-state index in [2.05, 4.69) is 22.8 Å². The van der Waals surface area contributed by atoms with Crippen molar-refractivity contribution < 1.29 is 9.59 Å². The van der Waals surface area contributed by atoms with Crippen molar-refractivity contribution in [2.24, 2.45) is 0 Å². The Labute approximate surface area is 175 Å². The van der Waals surface area contributed by atoms with Crippen molar-refractivity contribution in [2.75, 3.05) is 12.4 Å². The van der Waals surface area contributed by atoms with Gasteiger partial charge < -0.3 is 15.2 Å². The number of fused-ring (bicyclic) bond motifs is 1. The summed E-state index contributed by atoms with van der Waals surface area (Å²) in [7, 11) is 1.60. The molecule has 2 N–H and O–H groups in total. The van der Waals surface area contributed by atoms with Crippen LogP contribution >= 0.6 is 0 Å². The van der Waals surface area contributed by atoms with Crippen LogP contribution in [0.4, 0.5) is 5.69 Å². The van der Waals surface area contributed by atoms with Crippen molar-refractivity contribution in [3.63, 3.8) is 0 Å². The lowest BCUT2D eigenvalue weighted by Gasteiger charge is -2.13. The number of hydrogen-bond donors (Lipinski definition) is 2. The standard InChI is InChI=1S/C25H23N3O2/c1-26-24(29)16-19-11-5-7-13-21(19)27-25(30)23-15-20-12-6-8-14-22(20)28(23)17-18-9-3-2-4-10-18/h2-15H,16-17H2,1H3,(H,26,29)(H,27,30). The molecule has 0 radical (unpaired) electrons. The minimum Gasteiger partial charge on any atom is -0.359 e. The van der Waals surface area contributed by atoms with Gasteiger partial charge in [0.25, 0.3) is 5.91 Å². The van der Waals surface area contributed by atoms with Crippen LogP contribution < -0.4 is 10.6 Å². The fourth-order valence-electron chi connectivity index (χ4n) is 3.58. The molecule has 0 unspecified atom stereocenters. The lowest BCUT2D eigenvalue weighted by atomic mass is 10.1. The summed E-state index contributed by atoms with van der Waals surface area (Å²) >= 11 is 0. The van der Waals surface area contributed by atoms with Gasteiger partial charge in [0.2, 0.25) is 5.91 Å². The first-order valence-corrected chi connectivity index (χ1v) is 9.88. The maximum atomic E-state index is 13.3. The molecular formula is C25H23N3O2. The van der Waals surface area contributed by atoms with Crippen LogP contribution in [0.15, 0.2) is 84.9 Å². The van der Waals surface area contributed by atoms with E-state index >= 15 is 0 Å². The quantitative estimate of drug-likeness (QED) is 0.511. The highest BCUT2D eigenvalue weighted by Gasteiger charge is 2.17. The minimum absolute atomic E-state index is 0.102. The molecule has 0 atom stereocenters. The Balaban J connectivity index is 1.69. The molecular weight excluding hydrogens is 374 g/mol. The van der Waals surface area contributed by atoms with Gasteiger partial charge in [-0.15, -0.1) is 0 Å². The number of rotatable bonds is 6. The number of aromatic nitrogens is 1. The third kappa shape index (κ3) is 4.10. The van der Waals surface area contributed by atoms with Crippen LogP contribution in [0, 0.1) is 0 Å². The van der Waals surface area contributed by atoms with Gasteiger partial charge in [-0.3, -0.25) is 9.59 Å². The number of nitrogens with zero attached hydrogens (tertiary/aromatic N) is 1. The molecule has 3 aromatic carbocycles. The van der Waals surface area contributed by atoms with Gasteiger partial charge in [0, 0.05) is 30.2 Å². The molecule has 2 amide bonds. The molecule has 0 aliphatic heterocycles. The Kier molecular flexibility index (Phi) is 5.61. The Bertz CT molecular complexity index is 1200. The van der Waals surface area contributed by atoms with Crippen LogP contribution in [0.2, 0.25) is 0 Å². The maximum Gasteiger partial charge on any atom is 0.272 e. The normalized spacial score (nSPS) is 10.7. The fourth-order valence-corrected chi connectivity index (χ4v) is 3.58. The van der Waals surface area contributed by atoms with Gasteiger partial charge in [-0.05, 0) is 29.3 Å². The molecule has 150 valence electrons. The first-order valence-electron chi connectivity index (χ1n) is 9.88. The first-order chi connectivity index (χ1) is 14.7. The highest BCUT2D eigenvalue weighted by Crippen LogP contribution is 2.23. The molecule has 5 heteroatoms. The van der Waals surface area contributed by atoms with E-state index in [4.69, 9.17) is 0 Å². The van der Waals surface area contributed by atoms with Crippen LogP contribution in [0.1, 0.15) is 21.6 Å². The van der Waals surface area contributed by atoms with Crippen LogP contribution in [-0.4, -0.2) is 23.4 Å². The van der Waals surface area contributed by atoms with Crippen molar-refractivity contribution in [1.29, 1.82) is 0 Å². The number of hydrogen-bond acceptors (Lipinski definition) is 2. The smallest absolute Gasteiger partial charge is 0.272 e. The Hall–Kier alpha value is -3.86. The number of carbonyl (C=O) groups is 2. The van der Waals surface area contributed by atoms with Crippen molar-refractivity contribution in [1.82, 2.24) is 9.88 Å². The molecule has 0 aliphatic carbocycles. The van der Waals surface area contributed by atoms with Crippen molar-refractivity contribution in [3.8, 4) is 0 Å². The summed E-state index contributed by atoms with van der Waals surface area (Å²) in [6.07, 6.45) is 0.208. The van der Waals surface area contributed by atoms with Crippen LogP contribution in [-0.2, 0) is 17.8 Å². The zero-order valence-corrected chi connectivity index (χ0v) is 16.8. The number of para-hydroxylation sites is 2. The molecule has 0 aliphatic rings. The van der Waals surface area contributed by atoms with Gasteiger partial charge in [-0.25, -0.2) is 0 Å². The second-order valence-corrected chi connectivity index (χ2v) is 7.12. The predicted molar refractivity (Wildman–Crippen MR) is 120 cm³/mol. The summed E-state index contributed by atoms with van der Waals surface area (Å²) in [4.78, 5) is 25.1. The Morgan fingerprint density at radius 2 is 1.57 bits per heavy atom. The number of carbonyl (C=O) groups excluding carboxylic acids is 2. The van der Waals surface area contributed by atoms with Crippen LogP contribution in [0.3, 0.4) is 0 Å². The maximum absolute atomic E-state index is 13.3.